The fourth-order valence-corrected chi connectivity index (χ4v) is 1.94. The Morgan fingerprint density at radius 3 is 3.00 bits per heavy atom. The number of hydrogen-bond donors (Lipinski definition) is 3. The number of halogens is 1. The first-order valence-electron chi connectivity index (χ1n) is 5.51. The number of anilines is 2. The zero-order chi connectivity index (χ0) is 13.8. The Bertz CT molecular complexity index is 642. The number of nitrogens with one attached hydrogen (secondary N) is 2. The van der Waals surface area contributed by atoms with Crippen LogP contribution in [-0.2, 0) is 6.54 Å². The van der Waals surface area contributed by atoms with Crippen molar-refractivity contribution in [2.24, 2.45) is 0 Å². The number of hydrogen-bond acceptors (Lipinski definition) is 5. The lowest BCUT2D eigenvalue weighted by Crippen LogP contribution is -2.12. The van der Waals surface area contributed by atoms with E-state index in [1.807, 2.05) is 12.1 Å². The van der Waals surface area contributed by atoms with Crippen molar-refractivity contribution in [3.05, 3.63) is 44.9 Å². The van der Waals surface area contributed by atoms with E-state index in [4.69, 9.17) is 10.5 Å². The van der Waals surface area contributed by atoms with Crippen molar-refractivity contribution in [3.63, 3.8) is 0 Å². The number of aromatic amines is 1. The van der Waals surface area contributed by atoms with Gasteiger partial charge in [-0.3, -0.25) is 4.79 Å². The maximum atomic E-state index is 11.4. The van der Waals surface area contributed by atoms with Crippen LogP contribution in [0.3, 0.4) is 0 Å². The van der Waals surface area contributed by atoms with Gasteiger partial charge in [0.25, 0.3) is 5.56 Å². The lowest BCUT2D eigenvalue weighted by molar-refractivity contribution is 0.417. The van der Waals surface area contributed by atoms with Gasteiger partial charge in [-0.1, -0.05) is 6.07 Å². The smallest absolute Gasteiger partial charge is 0.267 e. The van der Waals surface area contributed by atoms with E-state index in [9.17, 15) is 4.79 Å². The first-order chi connectivity index (χ1) is 9.11. The number of nitrogens with zero attached hydrogens (tertiary/aromatic N) is 1. The zero-order valence-electron chi connectivity index (χ0n) is 10.2. The van der Waals surface area contributed by atoms with Crippen LogP contribution in [0.15, 0.2) is 33.8 Å². The van der Waals surface area contributed by atoms with Crippen molar-refractivity contribution >= 4 is 27.4 Å². The number of rotatable bonds is 4. The summed E-state index contributed by atoms with van der Waals surface area (Å²) in [6.45, 7) is 0.503. The molecule has 4 N–H and O–H groups in total. The van der Waals surface area contributed by atoms with Gasteiger partial charge < -0.3 is 20.8 Å². The predicted molar refractivity (Wildman–Crippen MR) is 77.3 cm³/mol. The number of H-pyrrole nitrogens is 1. The van der Waals surface area contributed by atoms with E-state index < -0.39 is 0 Å². The van der Waals surface area contributed by atoms with Crippen LogP contribution in [-0.4, -0.2) is 17.1 Å². The maximum Gasteiger partial charge on any atom is 0.267 e. The second-order valence-corrected chi connectivity index (χ2v) is 4.62. The first kappa shape index (κ1) is 13.4. The van der Waals surface area contributed by atoms with E-state index in [-0.39, 0.29) is 5.56 Å². The summed E-state index contributed by atoms with van der Waals surface area (Å²) in [7, 11) is 1.57. The normalized spacial score (nSPS) is 10.2. The molecule has 0 aliphatic carbocycles. The summed E-state index contributed by atoms with van der Waals surface area (Å²) in [6, 6.07) is 5.50. The molecular weight excluding hydrogens is 312 g/mol. The van der Waals surface area contributed by atoms with Gasteiger partial charge >= 0.3 is 0 Å². The highest BCUT2D eigenvalue weighted by Gasteiger charge is 2.05. The van der Waals surface area contributed by atoms with Gasteiger partial charge in [0.2, 0.25) is 0 Å². The monoisotopic (exact) mass is 324 g/mol. The molecule has 100 valence electrons. The molecule has 0 amide bonds. The van der Waals surface area contributed by atoms with Crippen LogP contribution in [0.5, 0.6) is 5.75 Å². The largest absolute Gasteiger partial charge is 0.495 e. The van der Waals surface area contributed by atoms with Crippen LogP contribution in [0.1, 0.15) is 5.56 Å². The lowest BCUT2D eigenvalue weighted by atomic mass is 10.2. The van der Waals surface area contributed by atoms with Crippen molar-refractivity contribution in [2.75, 3.05) is 18.2 Å². The summed E-state index contributed by atoms with van der Waals surface area (Å²) in [5.74, 6) is 1.12. The summed E-state index contributed by atoms with van der Waals surface area (Å²) >= 11 is 3.18. The van der Waals surface area contributed by atoms with Gasteiger partial charge in [0.1, 0.15) is 16.0 Å². The molecule has 0 bridgehead atoms. The topological polar surface area (TPSA) is 93.0 Å². The average Bonchev–Trinajstić information content (AvgIpc) is 2.40. The van der Waals surface area contributed by atoms with Gasteiger partial charge in [-0.25, -0.2) is 4.98 Å². The molecule has 0 saturated carbocycles. The molecule has 0 aliphatic heterocycles. The third-order valence-electron chi connectivity index (χ3n) is 2.55. The molecule has 0 fully saturated rings. The summed E-state index contributed by atoms with van der Waals surface area (Å²) in [5.41, 5.74) is 7.13. The van der Waals surface area contributed by atoms with E-state index in [0.29, 0.717) is 28.3 Å². The average molecular weight is 325 g/mol. The highest BCUT2D eigenvalue weighted by atomic mass is 79.9. The third-order valence-corrected chi connectivity index (χ3v) is 3.29. The van der Waals surface area contributed by atoms with E-state index in [1.54, 1.807) is 13.2 Å². The standard InChI is InChI=1S/C12H13BrN4O2/c1-19-9-3-2-7(4-8(9)14)5-15-11-10(13)12(18)17-6-16-11/h2-4,6H,5,14H2,1H3,(H2,15,16,17,18). The minimum atomic E-state index is -0.230. The SMILES string of the molecule is COc1ccc(CNc2nc[nH]c(=O)c2Br)cc1N. The van der Waals surface area contributed by atoms with E-state index in [0.717, 1.165) is 5.56 Å². The molecule has 0 atom stereocenters. The number of methoxy groups -OCH3 is 1. The van der Waals surface area contributed by atoms with Crippen LogP contribution < -0.4 is 21.3 Å². The summed E-state index contributed by atoms with van der Waals surface area (Å²) in [4.78, 5) is 17.9. The Labute approximate surface area is 118 Å². The van der Waals surface area contributed by atoms with Gasteiger partial charge in [-0.2, -0.15) is 0 Å². The summed E-state index contributed by atoms with van der Waals surface area (Å²) < 4.78 is 5.46. The van der Waals surface area contributed by atoms with Gasteiger partial charge in [-0.15, -0.1) is 0 Å². The quantitative estimate of drug-likeness (QED) is 0.745. The Balaban J connectivity index is 2.12. The van der Waals surface area contributed by atoms with Crippen molar-refractivity contribution in [1.29, 1.82) is 0 Å². The van der Waals surface area contributed by atoms with Crippen LogP contribution in [0.2, 0.25) is 0 Å². The molecular formula is C12H13BrN4O2. The Morgan fingerprint density at radius 2 is 2.32 bits per heavy atom. The molecule has 0 spiro atoms. The van der Waals surface area contributed by atoms with Crippen molar-refractivity contribution in [1.82, 2.24) is 9.97 Å². The zero-order valence-corrected chi connectivity index (χ0v) is 11.8. The minimum Gasteiger partial charge on any atom is -0.495 e. The molecule has 6 nitrogen and oxygen atoms in total. The van der Waals surface area contributed by atoms with Crippen LogP contribution in [0.25, 0.3) is 0 Å². The number of nitrogen functional groups attached to an aromatic ring is 1. The molecule has 19 heavy (non-hydrogen) atoms. The number of benzene rings is 1. The first-order valence-corrected chi connectivity index (χ1v) is 6.30. The molecule has 1 heterocycles. The molecule has 0 aliphatic rings. The highest BCUT2D eigenvalue weighted by molar-refractivity contribution is 9.10. The Kier molecular flexibility index (Phi) is 4.06. The molecule has 1 aromatic carbocycles. The molecule has 0 unspecified atom stereocenters. The van der Waals surface area contributed by atoms with E-state index in [1.165, 1.54) is 6.33 Å². The van der Waals surface area contributed by atoms with Crippen molar-refractivity contribution in [2.45, 2.75) is 6.54 Å². The molecule has 1 aromatic heterocycles. The highest BCUT2D eigenvalue weighted by Crippen LogP contribution is 2.22. The fraction of sp³-hybridized carbons (Fsp3) is 0.167. The van der Waals surface area contributed by atoms with Gasteiger partial charge in [0.15, 0.2) is 0 Å². The number of nitrogens with two attached hydrogens (primary N) is 1. The van der Waals surface area contributed by atoms with Crippen LogP contribution in [0.4, 0.5) is 11.5 Å². The second kappa shape index (κ2) is 5.75. The van der Waals surface area contributed by atoms with Gasteiger partial charge in [0.05, 0.1) is 19.1 Å². The second-order valence-electron chi connectivity index (χ2n) is 3.82. The van der Waals surface area contributed by atoms with Gasteiger partial charge in [-0.05, 0) is 33.6 Å². The number of ether oxygens (including phenoxy) is 1. The molecule has 7 heteroatoms. The van der Waals surface area contributed by atoms with Crippen molar-refractivity contribution < 1.29 is 4.74 Å². The van der Waals surface area contributed by atoms with Crippen LogP contribution in [0, 0.1) is 0 Å². The predicted octanol–water partition coefficient (Wildman–Crippen LogP) is 1.74. The minimum absolute atomic E-state index is 0.230. The van der Waals surface area contributed by atoms with Crippen molar-refractivity contribution in [3.8, 4) is 5.75 Å². The molecule has 0 saturated heterocycles. The summed E-state index contributed by atoms with van der Waals surface area (Å²) in [5, 5.41) is 3.06. The van der Waals surface area contributed by atoms with Crippen LogP contribution >= 0.6 is 15.9 Å². The number of aromatic nitrogens is 2. The van der Waals surface area contributed by atoms with E-state index >= 15 is 0 Å². The Morgan fingerprint density at radius 1 is 1.53 bits per heavy atom. The molecule has 0 radical (unpaired) electrons. The lowest BCUT2D eigenvalue weighted by Gasteiger charge is -2.09. The molecule has 2 rings (SSSR count). The Hall–Kier alpha value is -2.02. The fourth-order valence-electron chi connectivity index (χ4n) is 1.59. The summed E-state index contributed by atoms with van der Waals surface area (Å²) in [6.07, 6.45) is 1.35. The maximum absolute atomic E-state index is 11.4. The van der Waals surface area contributed by atoms with Gasteiger partial charge in [0, 0.05) is 6.54 Å². The third kappa shape index (κ3) is 3.05. The van der Waals surface area contributed by atoms with E-state index in [2.05, 4.69) is 31.2 Å². The molecule has 2 aromatic rings.